The van der Waals surface area contributed by atoms with Crippen LogP contribution in [0.4, 0.5) is 17.5 Å². The van der Waals surface area contributed by atoms with Crippen molar-refractivity contribution in [3.8, 4) is 33.4 Å². The van der Waals surface area contributed by atoms with Gasteiger partial charge in [-0.3, -0.25) is 14.4 Å². The zero-order chi connectivity index (χ0) is 37.6. The van der Waals surface area contributed by atoms with Crippen LogP contribution in [0.15, 0.2) is 146 Å². The first-order chi connectivity index (χ1) is 26.2. The van der Waals surface area contributed by atoms with Crippen LogP contribution in [0.5, 0.6) is 0 Å². The SMILES string of the molecule is Cc1cccc(NC(=O)c2cccc(-c3cc(-c4cccc(C(=O)Nc5cccc(C)n5)c4)cc(-c4cccc(C(=O)Nc5cccc(C)n5)c4)c3)c2)n1. The number of pyridine rings is 3. The first-order valence-electron chi connectivity index (χ1n) is 17.4. The minimum atomic E-state index is -0.282. The Labute approximate surface area is 313 Å². The van der Waals surface area contributed by atoms with Gasteiger partial charge in [-0.2, -0.15) is 0 Å². The third-order valence-corrected chi connectivity index (χ3v) is 8.70. The van der Waals surface area contributed by atoms with Crippen molar-refractivity contribution in [2.45, 2.75) is 20.8 Å². The molecule has 0 atom stereocenters. The summed E-state index contributed by atoms with van der Waals surface area (Å²) in [4.78, 5) is 53.3. The summed E-state index contributed by atoms with van der Waals surface area (Å²) in [6, 6.07) is 44.6. The average Bonchev–Trinajstić information content (AvgIpc) is 3.18. The van der Waals surface area contributed by atoms with Crippen LogP contribution in [0.1, 0.15) is 48.2 Å². The number of carbonyl (C=O) groups excluding carboxylic acids is 3. The molecule has 0 aliphatic carbocycles. The summed E-state index contributed by atoms with van der Waals surface area (Å²) in [6.07, 6.45) is 0. The molecule has 3 aromatic heterocycles. The van der Waals surface area contributed by atoms with Gasteiger partial charge in [0.25, 0.3) is 17.7 Å². The predicted octanol–water partition coefficient (Wildman–Crippen LogP) is 9.55. The van der Waals surface area contributed by atoms with Gasteiger partial charge in [0, 0.05) is 33.8 Å². The maximum absolute atomic E-state index is 13.4. The average molecular weight is 709 g/mol. The number of aryl methyl sites for hydroxylation is 3. The van der Waals surface area contributed by atoms with Crippen molar-refractivity contribution in [3.63, 3.8) is 0 Å². The molecule has 3 N–H and O–H groups in total. The van der Waals surface area contributed by atoms with Crippen LogP contribution in [0, 0.1) is 20.8 Å². The lowest BCUT2D eigenvalue weighted by Crippen LogP contribution is -2.13. The summed E-state index contributed by atoms with van der Waals surface area (Å²) in [6.45, 7) is 5.61. The number of aromatic nitrogens is 3. The Morgan fingerprint density at radius 2 is 0.630 bits per heavy atom. The molecule has 7 rings (SSSR count). The number of nitrogens with one attached hydrogen (secondary N) is 3. The molecule has 7 aromatic rings. The van der Waals surface area contributed by atoms with Gasteiger partial charge < -0.3 is 16.0 Å². The third kappa shape index (κ3) is 8.43. The number of hydrogen-bond acceptors (Lipinski definition) is 6. The van der Waals surface area contributed by atoms with E-state index >= 15 is 0 Å². The van der Waals surface area contributed by atoms with Gasteiger partial charge in [-0.05, 0) is 145 Å². The van der Waals surface area contributed by atoms with Gasteiger partial charge in [-0.1, -0.05) is 54.6 Å². The largest absolute Gasteiger partial charge is 0.307 e. The van der Waals surface area contributed by atoms with Crippen molar-refractivity contribution < 1.29 is 14.4 Å². The van der Waals surface area contributed by atoms with E-state index in [1.54, 1.807) is 36.4 Å². The number of hydrogen-bond donors (Lipinski definition) is 3. The first kappa shape index (κ1) is 35.2. The molecule has 0 radical (unpaired) electrons. The molecule has 0 aliphatic rings. The van der Waals surface area contributed by atoms with Crippen LogP contribution < -0.4 is 16.0 Å². The summed E-state index contributed by atoms with van der Waals surface area (Å²) in [5.41, 5.74) is 8.73. The summed E-state index contributed by atoms with van der Waals surface area (Å²) >= 11 is 0. The second-order valence-corrected chi connectivity index (χ2v) is 12.9. The van der Waals surface area contributed by atoms with Crippen molar-refractivity contribution in [1.29, 1.82) is 0 Å². The second-order valence-electron chi connectivity index (χ2n) is 12.9. The molecular weight excluding hydrogens is 673 g/mol. The van der Waals surface area contributed by atoms with E-state index in [2.05, 4.69) is 30.9 Å². The molecule has 9 nitrogen and oxygen atoms in total. The smallest absolute Gasteiger partial charge is 0.256 e. The predicted molar refractivity (Wildman–Crippen MR) is 214 cm³/mol. The standard InChI is InChI=1S/C45H36N6O3/c1-28-10-4-19-40(46-28)49-43(52)34-16-7-13-31(22-34)37-25-38(32-14-8-17-35(23-32)44(53)50-41-20-5-11-29(2)47-41)27-39(26-37)33-15-9-18-36(24-33)45(54)51-42-21-6-12-30(3)48-42/h4-27H,1-3H3,(H,46,49,52)(H,47,50,53)(H,48,51,54). The number of rotatable bonds is 9. The van der Waals surface area contributed by atoms with Crippen LogP contribution in [-0.4, -0.2) is 32.7 Å². The molecule has 4 aromatic carbocycles. The number of anilines is 3. The summed E-state index contributed by atoms with van der Waals surface area (Å²) in [5, 5.41) is 8.68. The molecule has 0 bridgehead atoms. The van der Waals surface area contributed by atoms with Gasteiger partial charge in [-0.15, -0.1) is 0 Å². The van der Waals surface area contributed by atoms with Gasteiger partial charge in [0.1, 0.15) is 17.5 Å². The quantitative estimate of drug-likeness (QED) is 0.137. The molecule has 0 saturated carbocycles. The van der Waals surface area contributed by atoms with Gasteiger partial charge >= 0.3 is 0 Å². The molecular formula is C45H36N6O3. The highest BCUT2D eigenvalue weighted by Crippen LogP contribution is 2.34. The number of nitrogens with zero attached hydrogens (tertiary/aromatic N) is 3. The summed E-state index contributed by atoms with van der Waals surface area (Å²) in [7, 11) is 0. The van der Waals surface area contributed by atoms with Crippen LogP contribution in [0.3, 0.4) is 0 Å². The van der Waals surface area contributed by atoms with E-state index in [0.717, 1.165) is 50.5 Å². The van der Waals surface area contributed by atoms with Crippen LogP contribution in [-0.2, 0) is 0 Å². The van der Waals surface area contributed by atoms with Crippen molar-refractivity contribution in [2.75, 3.05) is 16.0 Å². The first-order valence-corrected chi connectivity index (χ1v) is 17.4. The van der Waals surface area contributed by atoms with E-state index in [1.807, 2.05) is 130 Å². The van der Waals surface area contributed by atoms with Crippen molar-refractivity contribution in [2.24, 2.45) is 0 Å². The van der Waals surface area contributed by atoms with E-state index in [9.17, 15) is 14.4 Å². The van der Waals surface area contributed by atoms with E-state index in [0.29, 0.717) is 34.1 Å². The summed E-state index contributed by atoms with van der Waals surface area (Å²) in [5.74, 6) is 0.566. The Kier molecular flexibility index (Phi) is 10.1. The minimum absolute atomic E-state index is 0.282. The van der Waals surface area contributed by atoms with Gasteiger partial charge in [0.05, 0.1) is 0 Å². The highest BCUT2D eigenvalue weighted by Gasteiger charge is 2.15. The van der Waals surface area contributed by atoms with Gasteiger partial charge in [0.15, 0.2) is 0 Å². The fourth-order valence-corrected chi connectivity index (χ4v) is 6.05. The van der Waals surface area contributed by atoms with E-state index in [-0.39, 0.29) is 17.7 Å². The van der Waals surface area contributed by atoms with E-state index < -0.39 is 0 Å². The lowest BCUT2D eigenvalue weighted by atomic mass is 9.91. The monoisotopic (exact) mass is 708 g/mol. The van der Waals surface area contributed by atoms with E-state index in [1.165, 1.54) is 0 Å². The number of amides is 3. The van der Waals surface area contributed by atoms with Crippen molar-refractivity contribution >= 4 is 35.2 Å². The molecule has 54 heavy (non-hydrogen) atoms. The molecule has 9 heteroatoms. The molecule has 0 aliphatic heterocycles. The zero-order valence-corrected chi connectivity index (χ0v) is 29.9. The maximum Gasteiger partial charge on any atom is 0.256 e. The van der Waals surface area contributed by atoms with Crippen molar-refractivity contribution in [1.82, 2.24) is 15.0 Å². The minimum Gasteiger partial charge on any atom is -0.307 e. The molecule has 0 saturated heterocycles. The fourth-order valence-electron chi connectivity index (χ4n) is 6.05. The highest BCUT2D eigenvalue weighted by atomic mass is 16.2. The molecule has 0 fully saturated rings. The third-order valence-electron chi connectivity index (χ3n) is 8.70. The van der Waals surface area contributed by atoms with Gasteiger partial charge in [-0.25, -0.2) is 15.0 Å². The van der Waals surface area contributed by atoms with Crippen LogP contribution in [0.25, 0.3) is 33.4 Å². The van der Waals surface area contributed by atoms with Gasteiger partial charge in [0.2, 0.25) is 0 Å². The van der Waals surface area contributed by atoms with Crippen molar-refractivity contribution in [3.05, 3.63) is 179 Å². The zero-order valence-electron chi connectivity index (χ0n) is 29.9. The lowest BCUT2D eigenvalue weighted by molar-refractivity contribution is 0.101. The lowest BCUT2D eigenvalue weighted by Gasteiger charge is -2.14. The molecule has 0 unspecified atom stereocenters. The molecule has 3 amide bonds. The van der Waals surface area contributed by atoms with Crippen LogP contribution in [0.2, 0.25) is 0 Å². The Morgan fingerprint density at radius 1 is 0.352 bits per heavy atom. The maximum atomic E-state index is 13.4. The normalized spacial score (nSPS) is 10.7. The Morgan fingerprint density at radius 3 is 0.907 bits per heavy atom. The number of benzene rings is 4. The molecule has 3 heterocycles. The fraction of sp³-hybridized carbons (Fsp3) is 0.0667. The summed E-state index contributed by atoms with van der Waals surface area (Å²) < 4.78 is 0. The highest BCUT2D eigenvalue weighted by molar-refractivity contribution is 6.06. The van der Waals surface area contributed by atoms with Crippen LogP contribution >= 0.6 is 0 Å². The molecule has 0 spiro atoms. The Bertz CT molecular complexity index is 2260. The van der Waals surface area contributed by atoms with E-state index in [4.69, 9.17) is 0 Å². The Hall–Kier alpha value is -7.26. The molecule has 264 valence electrons. The second kappa shape index (κ2) is 15.5. The Balaban J connectivity index is 1.27. The topological polar surface area (TPSA) is 126 Å². The number of carbonyl (C=O) groups is 3.